The van der Waals surface area contributed by atoms with Crippen molar-refractivity contribution >= 4 is 11.9 Å². The highest BCUT2D eigenvalue weighted by molar-refractivity contribution is 6.27. The molecule has 2 N–H and O–H groups in total. The third kappa shape index (κ3) is 8.87. The van der Waals surface area contributed by atoms with E-state index in [1.54, 1.807) is 12.5 Å². The summed E-state index contributed by atoms with van der Waals surface area (Å²) < 4.78 is 13.4. The fraction of sp³-hybridized carbons (Fsp3) is 0.421. The Morgan fingerprint density at radius 2 is 1.85 bits per heavy atom. The summed E-state index contributed by atoms with van der Waals surface area (Å²) in [6, 6.07) is 8.26. The maximum Gasteiger partial charge on any atom is 0.414 e. The van der Waals surface area contributed by atoms with E-state index in [0.29, 0.717) is 25.7 Å². The first-order valence-corrected chi connectivity index (χ1v) is 8.67. The lowest BCUT2D eigenvalue weighted by Crippen LogP contribution is -2.11. The maximum atomic E-state index is 9.10. The second-order valence-corrected chi connectivity index (χ2v) is 5.72. The smallest absolute Gasteiger partial charge is 0.414 e. The van der Waals surface area contributed by atoms with E-state index in [1.165, 1.54) is 5.56 Å². The first-order valence-electron chi connectivity index (χ1n) is 8.67. The van der Waals surface area contributed by atoms with Crippen molar-refractivity contribution in [2.45, 2.75) is 32.7 Å². The quantitative estimate of drug-likeness (QED) is 0.510. The molecule has 8 heteroatoms. The Hall–Kier alpha value is -2.87. The first kappa shape index (κ1) is 22.2. The van der Waals surface area contributed by atoms with Gasteiger partial charge in [-0.15, -0.1) is 0 Å². The molecule has 1 unspecified atom stereocenters. The van der Waals surface area contributed by atoms with Crippen LogP contribution in [-0.2, 0) is 20.9 Å². The zero-order chi connectivity index (χ0) is 20.1. The van der Waals surface area contributed by atoms with Gasteiger partial charge in [0.2, 0.25) is 0 Å². The Bertz CT molecular complexity index is 675. The van der Waals surface area contributed by atoms with Crippen molar-refractivity contribution in [2.75, 3.05) is 19.8 Å². The van der Waals surface area contributed by atoms with Crippen LogP contribution in [-0.4, -0.2) is 51.5 Å². The standard InChI is InChI=1S/C17H24N2O2.C2H2O4/c1-3-15(2)16-6-4-5-7-17(16)21-13-12-20-11-10-19-9-8-18-14-19;3-1(4)2(5)6/h4-9,14-15H,3,10-13H2,1-2H3;(H,3,4)(H,5,6). The van der Waals surface area contributed by atoms with Crippen LogP contribution in [0.1, 0.15) is 31.7 Å². The molecule has 27 heavy (non-hydrogen) atoms. The average Bonchev–Trinajstić information content (AvgIpc) is 3.18. The average molecular weight is 378 g/mol. The van der Waals surface area contributed by atoms with E-state index >= 15 is 0 Å². The summed E-state index contributed by atoms with van der Waals surface area (Å²) in [7, 11) is 0. The third-order valence-electron chi connectivity index (χ3n) is 3.78. The molecule has 0 aliphatic carbocycles. The van der Waals surface area contributed by atoms with Gasteiger partial charge in [0.15, 0.2) is 0 Å². The van der Waals surface area contributed by atoms with Crippen LogP contribution in [0.5, 0.6) is 5.75 Å². The number of hydrogen-bond acceptors (Lipinski definition) is 5. The Morgan fingerprint density at radius 3 is 2.44 bits per heavy atom. The molecule has 0 radical (unpaired) electrons. The predicted octanol–water partition coefficient (Wildman–Crippen LogP) is 2.65. The number of benzene rings is 1. The van der Waals surface area contributed by atoms with Crippen molar-refractivity contribution in [2.24, 2.45) is 0 Å². The van der Waals surface area contributed by atoms with Crippen LogP contribution in [0.3, 0.4) is 0 Å². The van der Waals surface area contributed by atoms with Crippen LogP contribution in [0.15, 0.2) is 43.0 Å². The molecule has 8 nitrogen and oxygen atoms in total. The minimum Gasteiger partial charge on any atom is -0.491 e. The Morgan fingerprint density at radius 1 is 1.15 bits per heavy atom. The largest absolute Gasteiger partial charge is 0.491 e. The molecule has 0 bridgehead atoms. The molecule has 0 saturated carbocycles. The molecule has 0 aliphatic rings. The summed E-state index contributed by atoms with van der Waals surface area (Å²) in [5.41, 5.74) is 1.28. The molecule has 2 rings (SSSR count). The van der Waals surface area contributed by atoms with Crippen molar-refractivity contribution in [3.8, 4) is 5.75 Å². The van der Waals surface area contributed by atoms with Crippen LogP contribution in [0, 0.1) is 0 Å². The Balaban J connectivity index is 0.000000527. The van der Waals surface area contributed by atoms with Crippen molar-refractivity contribution < 1.29 is 29.3 Å². The van der Waals surface area contributed by atoms with Gasteiger partial charge in [0.25, 0.3) is 0 Å². The molecular formula is C19H26N2O6. The molecule has 0 saturated heterocycles. The van der Waals surface area contributed by atoms with Crippen LogP contribution < -0.4 is 4.74 Å². The number of nitrogens with zero attached hydrogens (tertiary/aromatic N) is 2. The molecule has 1 heterocycles. The van der Waals surface area contributed by atoms with Gasteiger partial charge in [-0.2, -0.15) is 0 Å². The highest BCUT2D eigenvalue weighted by atomic mass is 16.5. The molecule has 1 aromatic heterocycles. The minimum atomic E-state index is -1.82. The van der Waals surface area contributed by atoms with E-state index in [4.69, 9.17) is 29.3 Å². The van der Waals surface area contributed by atoms with Gasteiger partial charge < -0.3 is 24.3 Å². The number of aliphatic carboxylic acids is 2. The van der Waals surface area contributed by atoms with E-state index in [2.05, 4.69) is 31.0 Å². The number of ether oxygens (including phenoxy) is 2. The molecule has 0 spiro atoms. The summed E-state index contributed by atoms with van der Waals surface area (Å²) in [4.78, 5) is 22.2. The minimum absolute atomic E-state index is 0.517. The summed E-state index contributed by atoms with van der Waals surface area (Å²) in [6.45, 7) is 7.10. The number of para-hydroxylation sites is 1. The monoisotopic (exact) mass is 378 g/mol. The second-order valence-electron chi connectivity index (χ2n) is 5.72. The third-order valence-corrected chi connectivity index (χ3v) is 3.78. The van der Waals surface area contributed by atoms with Crippen LogP contribution in [0.25, 0.3) is 0 Å². The summed E-state index contributed by atoms with van der Waals surface area (Å²) in [5.74, 6) is -2.15. The van der Waals surface area contributed by atoms with Crippen LogP contribution in [0.4, 0.5) is 0 Å². The van der Waals surface area contributed by atoms with E-state index in [1.807, 2.05) is 22.9 Å². The summed E-state index contributed by atoms with van der Waals surface area (Å²) in [5, 5.41) is 14.8. The highest BCUT2D eigenvalue weighted by Crippen LogP contribution is 2.28. The molecular weight excluding hydrogens is 352 g/mol. The van der Waals surface area contributed by atoms with Crippen molar-refractivity contribution in [3.63, 3.8) is 0 Å². The van der Waals surface area contributed by atoms with Crippen molar-refractivity contribution in [1.82, 2.24) is 9.55 Å². The lowest BCUT2D eigenvalue weighted by Gasteiger charge is -2.15. The number of rotatable bonds is 9. The second kappa shape index (κ2) is 12.5. The van der Waals surface area contributed by atoms with E-state index in [0.717, 1.165) is 18.7 Å². The summed E-state index contributed by atoms with van der Waals surface area (Å²) >= 11 is 0. The lowest BCUT2D eigenvalue weighted by atomic mass is 9.98. The molecule has 0 amide bonds. The first-order chi connectivity index (χ1) is 13.0. The maximum absolute atomic E-state index is 9.10. The van der Waals surface area contributed by atoms with Gasteiger partial charge in [-0.3, -0.25) is 0 Å². The molecule has 0 fully saturated rings. The molecule has 2 aromatic rings. The number of carbonyl (C=O) groups is 2. The van der Waals surface area contributed by atoms with Gasteiger partial charge >= 0.3 is 11.9 Å². The van der Waals surface area contributed by atoms with Crippen molar-refractivity contribution in [1.29, 1.82) is 0 Å². The van der Waals surface area contributed by atoms with Crippen LogP contribution >= 0.6 is 0 Å². The normalized spacial score (nSPS) is 11.2. The number of imidazole rings is 1. The Labute approximate surface area is 158 Å². The van der Waals surface area contributed by atoms with Gasteiger partial charge in [0.1, 0.15) is 12.4 Å². The van der Waals surface area contributed by atoms with Crippen molar-refractivity contribution in [3.05, 3.63) is 48.5 Å². The summed E-state index contributed by atoms with van der Waals surface area (Å²) in [6.07, 6.45) is 6.61. The number of hydrogen-bond donors (Lipinski definition) is 2. The number of aromatic nitrogens is 2. The molecule has 148 valence electrons. The van der Waals surface area contributed by atoms with Gasteiger partial charge in [0.05, 0.1) is 19.5 Å². The van der Waals surface area contributed by atoms with Gasteiger partial charge in [-0.05, 0) is 24.0 Å². The molecule has 1 atom stereocenters. The zero-order valence-corrected chi connectivity index (χ0v) is 15.6. The van der Waals surface area contributed by atoms with E-state index in [-0.39, 0.29) is 0 Å². The van der Waals surface area contributed by atoms with E-state index in [9.17, 15) is 0 Å². The SMILES string of the molecule is CCC(C)c1ccccc1OCCOCCn1ccnc1.O=C(O)C(=O)O. The van der Waals surface area contributed by atoms with Crippen LogP contribution in [0.2, 0.25) is 0 Å². The van der Waals surface area contributed by atoms with Gasteiger partial charge in [-0.1, -0.05) is 32.0 Å². The Kier molecular flexibility index (Phi) is 10.2. The number of carboxylic acid groups (broad SMARTS) is 2. The van der Waals surface area contributed by atoms with E-state index < -0.39 is 11.9 Å². The lowest BCUT2D eigenvalue weighted by molar-refractivity contribution is -0.159. The van der Waals surface area contributed by atoms with Gasteiger partial charge in [-0.25, -0.2) is 14.6 Å². The fourth-order valence-corrected chi connectivity index (χ4v) is 2.14. The number of carboxylic acids is 2. The predicted molar refractivity (Wildman–Crippen MR) is 99.0 cm³/mol. The molecule has 0 aliphatic heterocycles. The molecule has 1 aromatic carbocycles. The highest BCUT2D eigenvalue weighted by Gasteiger charge is 2.09. The zero-order valence-electron chi connectivity index (χ0n) is 15.6. The van der Waals surface area contributed by atoms with Gasteiger partial charge in [0, 0.05) is 18.9 Å². The topological polar surface area (TPSA) is 111 Å². The fourth-order valence-electron chi connectivity index (χ4n) is 2.14.